The Kier molecular flexibility index (Phi) is 10.5. The van der Waals surface area contributed by atoms with Crippen LogP contribution in [0.1, 0.15) is 41.4 Å². The van der Waals surface area contributed by atoms with Crippen molar-refractivity contribution in [3.63, 3.8) is 0 Å². The molecule has 6 aromatic carbocycles. The van der Waals surface area contributed by atoms with Crippen molar-refractivity contribution in [2.75, 3.05) is 6.61 Å². The highest BCUT2D eigenvalue weighted by molar-refractivity contribution is 6.26. The van der Waals surface area contributed by atoms with E-state index in [1.54, 1.807) is 0 Å². The van der Waals surface area contributed by atoms with Crippen molar-refractivity contribution in [3.05, 3.63) is 73.4 Å². The fraction of sp³-hybridized carbons (Fsp3) is 0.125. The number of phenols is 15. The molecule has 1 saturated heterocycles. The first-order chi connectivity index (χ1) is 36.8. The van der Waals surface area contributed by atoms with Crippen LogP contribution in [0, 0.1) is 0 Å². The predicted octanol–water partition coefficient (Wildman–Crippen LogP) is 2.38. The quantitative estimate of drug-likeness (QED) is 0.0341. The van der Waals surface area contributed by atoms with Crippen LogP contribution in [-0.2, 0) is 23.7 Å². The van der Waals surface area contributed by atoms with Gasteiger partial charge in [0, 0.05) is 45.2 Å². The molecular formula is C48H28O30. The molecule has 0 aliphatic carbocycles. The Hall–Kier alpha value is -11.1. The zero-order valence-corrected chi connectivity index (χ0v) is 37.9. The van der Waals surface area contributed by atoms with Crippen LogP contribution in [0.4, 0.5) is 0 Å². The second-order valence-electron chi connectivity index (χ2n) is 17.3. The van der Waals surface area contributed by atoms with Gasteiger partial charge < -0.3 is 119 Å². The summed E-state index contributed by atoms with van der Waals surface area (Å²) in [6, 6.07) is 2.15. The molecule has 0 saturated carbocycles. The zero-order chi connectivity index (χ0) is 56.1. The number of hydrogen-bond acceptors (Lipinski definition) is 30. The van der Waals surface area contributed by atoms with Gasteiger partial charge in [0.05, 0.1) is 27.5 Å². The minimum absolute atomic E-state index is 0.316. The van der Waals surface area contributed by atoms with Gasteiger partial charge in [-0.15, -0.1) is 0 Å². The molecule has 78 heavy (non-hydrogen) atoms. The lowest BCUT2D eigenvalue weighted by molar-refractivity contribution is -0.284. The minimum atomic E-state index is -2.67. The van der Waals surface area contributed by atoms with E-state index in [4.69, 9.17) is 37.3 Å². The summed E-state index contributed by atoms with van der Waals surface area (Å²) in [5.74, 6) is -30.9. The summed E-state index contributed by atoms with van der Waals surface area (Å²) < 4.78 is 44.2. The lowest BCUT2D eigenvalue weighted by Crippen LogP contribution is -2.62. The van der Waals surface area contributed by atoms with E-state index in [1.807, 2.05) is 0 Å². The smallest absolute Gasteiger partial charge is 0.345 e. The van der Waals surface area contributed by atoms with Gasteiger partial charge in [0.15, 0.2) is 93.3 Å². The Bertz CT molecular complexity index is 4210. The van der Waals surface area contributed by atoms with Gasteiger partial charge in [-0.05, 0) is 18.2 Å². The number of aliphatic hydroxyl groups is 1. The third kappa shape index (κ3) is 6.76. The van der Waals surface area contributed by atoms with E-state index in [1.165, 1.54) is 0 Å². The van der Waals surface area contributed by atoms with Crippen LogP contribution in [-0.4, -0.2) is 143 Å². The van der Waals surface area contributed by atoms with Crippen LogP contribution < -0.4 is 16.0 Å². The number of esters is 4. The molecule has 0 spiro atoms. The molecule has 16 N–H and O–H groups in total. The minimum Gasteiger partial charge on any atom is -0.504 e. The van der Waals surface area contributed by atoms with E-state index < -0.39 is 247 Å². The van der Waals surface area contributed by atoms with Crippen molar-refractivity contribution < 1.29 is 138 Å². The van der Waals surface area contributed by atoms with Gasteiger partial charge in [-0.1, -0.05) is 0 Å². The van der Waals surface area contributed by atoms with E-state index in [0.29, 0.717) is 30.3 Å². The van der Waals surface area contributed by atoms with Crippen molar-refractivity contribution in [2.45, 2.75) is 30.7 Å². The molecule has 30 nitrogen and oxygen atoms in total. The molecule has 5 atom stereocenters. The number of aliphatic hydroxyl groups excluding tert-OH is 1. The summed E-state index contributed by atoms with van der Waals surface area (Å²) in [6.45, 7) is -1.41. The predicted molar refractivity (Wildman–Crippen MR) is 245 cm³/mol. The summed E-state index contributed by atoms with van der Waals surface area (Å²) in [7, 11) is 0. The molecule has 30 heteroatoms. The van der Waals surface area contributed by atoms with E-state index >= 15 is 0 Å². The van der Waals surface area contributed by atoms with Crippen molar-refractivity contribution in [2.24, 2.45) is 0 Å². The van der Waals surface area contributed by atoms with Gasteiger partial charge in [0.2, 0.25) is 40.2 Å². The topological polar surface area (TPSA) is 508 Å². The number of benzene rings is 6. The normalized spacial score (nSPS) is 19.3. The Morgan fingerprint density at radius 3 is 1.37 bits per heavy atom. The summed E-state index contributed by atoms with van der Waals surface area (Å²) >= 11 is 0. The lowest BCUT2D eigenvalue weighted by atomic mass is 9.90. The molecule has 8 aromatic rings. The number of phenolic OH excluding ortho intramolecular Hbond substituents is 15. The van der Waals surface area contributed by atoms with Gasteiger partial charge in [-0.3, -0.25) is 0 Å². The van der Waals surface area contributed by atoms with Gasteiger partial charge in [-0.25, -0.2) is 28.8 Å². The Balaban J connectivity index is 1.19. The molecule has 4 aliphatic rings. The number of fused-ring (bicyclic) bond motifs is 8. The van der Waals surface area contributed by atoms with E-state index in [-0.39, 0.29) is 0 Å². The number of hydrogen-bond donors (Lipinski definition) is 16. The largest absolute Gasteiger partial charge is 0.504 e. The molecule has 6 heterocycles. The Morgan fingerprint density at radius 1 is 0.397 bits per heavy atom. The Morgan fingerprint density at radius 2 is 0.833 bits per heavy atom. The van der Waals surface area contributed by atoms with E-state index in [9.17, 15) is 110 Å². The fourth-order valence-electron chi connectivity index (χ4n) is 9.38. The molecular weight excluding hydrogens is 1060 g/mol. The number of ether oxygens (including phenoxy) is 6. The number of aromatic hydroxyl groups is 15. The molecule has 12 rings (SSSR count). The van der Waals surface area contributed by atoms with Crippen LogP contribution >= 0.6 is 0 Å². The van der Waals surface area contributed by atoms with Gasteiger partial charge >= 0.3 is 35.1 Å². The molecule has 2 aromatic heterocycles. The molecule has 400 valence electrons. The van der Waals surface area contributed by atoms with Crippen molar-refractivity contribution in [1.82, 2.24) is 0 Å². The average Bonchev–Trinajstić information content (AvgIpc) is 2.96. The van der Waals surface area contributed by atoms with Crippen molar-refractivity contribution in [1.29, 1.82) is 0 Å². The van der Waals surface area contributed by atoms with Gasteiger partial charge in [0.1, 0.15) is 18.3 Å². The highest BCUT2D eigenvalue weighted by atomic mass is 16.7. The zero-order valence-electron chi connectivity index (χ0n) is 37.9. The molecule has 7 bridgehead atoms. The fourth-order valence-corrected chi connectivity index (χ4v) is 9.38. The molecule has 0 radical (unpaired) electrons. The maximum Gasteiger partial charge on any atom is 0.345 e. The summed E-state index contributed by atoms with van der Waals surface area (Å²) in [5, 5.41) is 173. The maximum atomic E-state index is 15.0. The van der Waals surface area contributed by atoms with E-state index in [0.717, 1.165) is 0 Å². The first kappa shape index (κ1) is 49.1. The number of carbonyl (C=O) groups is 4. The lowest BCUT2D eigenvalue weighted by Gasteiger charge is -2.43. The highest BCUT2D eigenvalue weighted by Gasteiger charge is 2.54. The van der Waals surface area contributed by atoms with Gasteiger partial charge in [0.25, 0.3) is 0 Å². The van der Waals surface area contributed by atoms with Crippen LogP contribution in [0.25, 0.3) is 55.0 Å². The van der Waals surface area contributed by atoms with Crippen LogP contribution in [0.15, 0.2) is 48.8 Å². The molecule has 4 aliphatic heterocycles. The second-order valence-corrected chi connectivity index (χ2v) is 17.3. The third-order valence-electron chi connectivity index (χ3n) is 13.0. The standard InChI is InChI=1S/C48H28O30/c49-12-1-7-18(30(58)25(12)53)19-8(2-13(50)26(54)31(19)59)45(67)78-41-40(77-44(7)66)37-17(73-48(41)70)6-71-42(64)11-4-15(52)28(56)34(62)36(11)72-16-5-10-21-23-24(47(69)76-38(21)29(16)57)22(33(61)35(63)39(23)75-46(10)68)20-9(43(65)74-37)3-14(51)27(55)32(20)60/h1-5,17,37,40-41,48-63,70H,6H2/t17-,37-,40+,41-,48-/m1/s1. The van der Waals surface area contributed by atoms with Crippen LogP contribution in [0.2, 0.25) is 0 Å². The van der Waals surface area contributed by atoms with E-state index in [2.05, 4.69) is 0 Å². The van der Waals surface area contributed by atoms with Crippen molar-refractivity contribution >= 4 is 56.6 Å². The molecule has 0 unspecified atom stereocenters. The summed E-state index contributed by atoms with van der Waals surface area (Å²) in [4.78, 5) is 85.9. The van der Waals surface area contributed by atoms with Crippen LogP contribution in [0.3, 0.4) is 0 Å². The van der Waals surface area contributed by atoms with Crippen molar-refractivity contribution in [3.8, 4) is 120 Å². The molecule has 1 fully saturated rings. The second kappa shape index (κ2) is 16.7. The highest BCUT2D eigenvalue weighted by Crippen LogP contribution is 2.57. The first-order valence-electron chi connectivity index (χ1n) is 21.7. The molecule has 0 amide bonds. The number of rotatable bonds is 0. The van der Waals surface area contributed by atoms with Gasteiger partial charge in [-0.2, -0.15) is 0 Å². The first-order valence-corrected chi connectivity index (χ1v) is 21.7. The summed E-state index contributed by atoms with van der Waals surface area (Å²) in [5.41, 5.74) is -14.5. The van der Waals surface area contributed by atoms with Crippen LogP contribution in [0.5, 0.6) is 97.7 Å². The Labute approximate surface area is 424 Å². The third-order valence-corrected chi connectivity index (χ3v) is 13.0. The summed E-state index contributed by atoms with van der Waals surface area (Å²) in [6.07, 6.45) is -12.8. The average molecular weight is 1080 g/mol. The monoisotopic (exact) mass is 1080 g/mol. The maximum absolute atomic E-state index is 15.0. The number of carbonyl (C=O) groups excluding carboxylic acids is 4. The SMILES string of the molecule is O=C1OC[C@H]2O[C@@H](O)[C@@H]3OC(=O)c4cc(O)c(O)c(O)c4-c4c(cc(O)c(O)c4O)C(=O)O[C@H]3[C@@H]2OC(=O)c2cc(O)c(O)c(O)c2-c2c(O)c(O)c3oc(=O)c4cc(c(O)c5oc(=O)c2c3c54)Oc2c1cc(O)c(O)c2O.